The summed E-state index contributed by atoms with van der Waals surface area (Å²) < 4.78 is 33.1. The van der Waals surface area contributed by atoms with Crippen LogP contribution in [0.4, 0.5) is 8.78 Å². The lowest BCUT2D eigenvalue weighted by Gasteiger charge is -2.30. The summed E-state index contributed by atoms with van der Waals surface area (Å²) in [5, 5.41) is 0. The number of rotatable bonds is 3. The largest absolute Gasteiger partial charge is 0.493 e. The van der Waals surface area contributed by atoms with Crippen molar-refractivity contribution < 1.29 is 13.5 Å². The maximum atomic E-state index is 13.8. The maximum absolute atomic E-state index is 13.8. The van der Waals surface area contributed by atoms with Gasteiger partial charge in [0.25, 0.3) is 0 Å². The van der Waals surface area contributed by atoms with Gasteiger partial charge in [-0.15, -0.1) is 0 Å². The molecule has 2 unspecified atom stereocenters. The van der Waals surface area contributed by atoms with Gasteiger partial charge >= 0.3 is 0 Å². The fourth-order valence-electron chi connectivity index (χ4n) is 2.92. The van der Waals surface area contributed by atoms with E-state index in [4.69, 9.17) is 10.5 Å². The molecule has 4 heteroatoms. The molecule has 0 aliphatic carbocycles. The molecule has 0 aromatic heterocycles. The molecule has 2 nitrogen and oxygen atoms in total. The number of benzene rings is 2. The standard InChI is InChI=1S/C17H17F2NO/c18-14-5-3-6-15(19)13(14)10-16(20)11-8-9-21-17-7-2-1-4-12(11)17/h1-7,11,16H,8-10,20H2. The third kappa shape index (κ3) is 2.76. The van der Waals surface area contributed by atoms with Crippen molar-refractivity contribution in [2.45, 2.75) is 24.8 Å². The molecule has 0 fully saturated rings. The molecule has 2 N–H and O–H groups in total. The van der Waals surface area contributed by atoms with Crippen LogP contribution >= 0.6 is 0 Å². The predicted molar refractivity (Wildman–Crippen MR) is 77.3 cm³/mol. The van der Waals surface area contributed by atoms with Crippen molar-refractivity contribution in [1.29, 1.82) is 0 Å². The normalized spacial score (nSPS) is 18.7. The summed E-state index contributed by atoms with van der Waals surface area (Å²) in [5.74, 6) is -0.205. The van der Waals surface area contributed by atoms with Gasteiger partial charge in [0.05, 0.1) is 6.61 Å². The second kappa shape index (κ2) is 5.82. The van der Waals surface area contributed by atoms with Gasteiger partial charge in [-0.25, -0.2) is 8.78 Å². The van der Waals surface area contributed by atoms with E-state index >= 15 is 0 Å². The Bertz CT molecular complexity index is 624. The Morgan fingerprint density at radius 1 is 1.10 bits per heavy atom. The van der Waals surface area contributed by atoms with Crippen LogP contribution in [0.2, 0.25) is 0 Å². The Balaban J connectivity index is 1.85. The van der Waals surface area contributed by atoms with E-state index in [0.717, 1.165) is 17.7 Å². The molecular formula is C17H17F2NO. The molecule has 0 saturated carbocycles. The molecule has 2 atom stereocenters. The first kappa shape index (κ1) is 14.0. The van der Waals surface area contributed by atoms with E-state index in [-0.39, 0.29) is 23.9 Å². The summed E-state index contributed by atoms with van der Waals surface area (Å²) >= 11 is 0. The Morgan fingerprint density at radius 2 is 1.81 bits per heavy atom. The minimum atomic E-state index is -0.536. The Morgan fingerprint density at radius 3 is 2.57 bits per heavy atom. The molecule has 1 heterocycles. The average molecular weight is 289 g/mol. The van der Waals surface area contributed by atoms with Crippen LogP contribution in [0.15, 0.2) is 42.5 Å². The van der Waals surface area contributed by atoms with Gasteiger partial charge in [-0.05, 0) is 36.6 Å². The number of hydrogen-bond donors (Lipinski definition) is 1. The Hall–Kier alpha value is -1.94. The van der Waals surface area contributed by atoms with E-state index in [1.807, 2.05) is 24.3 Å². The maximum Gasteiger partial charge on any atom is 0.129 e. The van der Waals surface area contributed by atoms with Gasteiger partial charge in [0.15, 0.2) is 0 Å². The van der Waals surface area contributed by atoms with Gasteiger partial charge < -0.3 is 10.5 Å². The predicted octanol–water partition coefficient (Wildman–Crippen LogP) is 3.40. The highest BCUT2D eigenvalue weighted by Crippen LogP contribution is 2.36. The van der Waals surface area contributed by atoms with E-state index in [9.17, 15) is 8.78 Å². The first-order valence-electron chi connectivity index (χ1n) is 7.07. The van der Waals surface area contributed by atoms with E-state index < -0.39 is 11.6 Å². The zero-order valence-electron chi connectivity index (χ0n) is 11.6. The molecule has 0 spiro atoms. The van der Waals surface area contributed by atoms with Gasteiger partial charge in [-0.1, -0.05) is 24.3 Å². The smallest absolute Gasteiger partial charge is 0.129 e. The van der Waals surface area contributed by atoms with Gasteiger partial charge in [0.1, 0.15) is 17.4 Å². The van der Waals surface area contributed by atoms with Crippen LogP contribution in [0.3, 0.4) is 0 Å². The number of fused-ring (bicyclic) bond motifs is 1. The summed E-state index contributed by atoms with van der Waals surface area (Å²) in [7, 11) is 0. The van der Waals surface area contributed by atoms with Crippen LogP contribution in [0.1, 0.15) is 23.5 Å². The van der Waals surface area contributed by atoms with Gasteiger partial charge in [0, 0.05) is 17.5 Å². The second-order valence-electron chi connectivity index (χ2n) is 5.35. The number of ether oxygens (including phenoxy) is 1. The Kier molecular flexibility index (Phi) is 3.88. The zero-order valence-corrected chi connectivity index (χ0v) is 11.6. The van der Waals surface area contributed by atoms with Crippen molar-refractivity contribution in [3.63, 3.8) is 0 Å². The van der Waals surface area contributed by atoms with Crippen LogP contribution < -0.4 is 10.5 Å². The fraction of sp³-hybridized carbons (Fsp3) is 0.294. The monoisotopic (exact) mass is 289 g/mol. The van der Waals surface area contributed by atoms with Crippen molar-refractivity contribution in [2.75, 3.05) is 6.61 Å². The van der Waals surface area contributed by atoms with Crippen molar-refractivity contribution in [1.82, 2.24) is 0 Å². The fourth-order valence-corrected chi connectivity index (χ4v) is 2.92. The third-order valence-electron chi connectivity index (χ3n) is 4.02. The van der Waals surface area contributed by atoms with Crippen LogP contribution in [-0.2, 0) is 6.42 Å². The number of hydrogen-bond acceptors (Lipinski definition) is 2. The molecule has 0 bridgehead atoms. The molecule has 1 aliphatic heterocycles. The first-order chi connectivity index (χ1) is 10.2. The van der Waals surface area contributed by atoms with Crippen molar-refractivity contribution in [2.24, 2.45) is 5.73 Å². The highest BCUT2D eigenvalue weighted by molar-refractivity contribution is 5.39. The van der Waals surface area contributed by atoms with Crippen LogP contribution in [-0.4, -0.2) is 12.6 Å². The average Bonchev–Trinajstić information content (AvgIpc) is 2.50. The number of nitrogens with two attached hydrogens (primary N) is 1. The molecular weight excluding hydrogens is 272 g/mol. The second-order valence-corrected chi connectivity index (χ2v) is 5.35. The van der Waals surface area contributed by atoms with Crippen molar-refractivity contribution >= 4 is 0 Å². The summed E-state index contributed by atoms with van der Waals surface area (Å²) in [6.07, 6.45) is 0.936. The minimum absolute atomic E-state index is 0.0500. The minimum Gasteiger partial charge on any atom is -0.493 e. The third-order valence-corrected chi connectivity index (χ3v) is 4.02. The molecule has 0 radical (unpaired) electrons. The van der Waals surface area contributed by atoms with Crippen molar-refractivity contribution in [3.8, 4) is 5.75 Å². The van der Waals surface area contributed by atoms with E-state index in [1.165, 1.54) is 18.2 Å². The molecule has 0 saturated heterocycles. The summed E-state index contributed by atoms with van der Waals surface area (Å²) in [6, 6.07) is 11.3. The molecule has 2 aromatic carbocycles. The number of para-hydroxylation sites is 1. The van der Waals surface area contributed by atoms with Gasteiger partial charge in [0.2, 0.25) is 0 Å². The zero-order chi connectivity index (χ0) is 14.8. The number of halogens is 2. The lowest BCUT2D eigenvalue weighted by atomic mass is 9.84. The SMILES string of the molecule is NC(Cc1c(F)cccc1F)C1CCOc2ccccc21. The topological polar surface area (TPSA) is 35.2 Å². The van der Waals surface area contributed by atoms with E-state index in [1.54, 1.807) is 0 Å². The summed E-state index contributed by atoms with van der Waals surface area (Å²) in [5.41, 5.74) is 7.33. The summed E-state index contributed by atoms with van der Waals surface area (Å²) in [6.45, 7) is 0.579. The molecule has 0 amide bonds. The molecule has 3 rings (SSSR count). The van der Waals surface area contributed by atoms with Crippen LogP contribution in [0.25, 0.3) is 0 Å². The lowest BCUT2D eigenvalue weighted by molar-refractivity contribution is 0.254. The van der Waals surface area contributed by atoms with Gasteiger partial charge in [-0.3, -0.25) is 0 Å². The highest BCUT2D eigenvalue weighted by atomic mass is 19.1. The van der Waals surface area contributed by atoms with Gasteiger partial charge in [-0.2, -0.15) is 0 Å². The summed E-state index contributed by atoms with van der Waals surface area (Å²) in [4.78, 5) is 0. The molecule has 21 heavy (non-hydrogen) atoms. The van der Waals surface area contributed by atoms with Crippen LogP contribution in [0, 0.1) is 11.6 Å². The quantitative estimate of drug-likeness (QED) is 0.940. The Labute approximate surface area is 122 Å². The lowest BCUT2D eigenvalue weighted by Crippen LogP contribution is -2.34. The molecule has 110 valence electrons. The highest BCUT2D eigenvalue weighted by Gasteiger charge is 2.27. The van der Waals surface area contributed by atoms with Crippen molar-refractivity contribution in [3.05, 3.63) is 65.2 Å². The van der Waals surface area contributed by atoms with E-state index in [0.29, 0.717) is 6.61 Å². The van der Waals surface area contributed by atoms with E-state index in [2.05, 4.69) is 0 Å². The van der Waals surface area contributed by atoms with Crippen LogP contribution in [0.5, 0.6) is 5.75 Å². The molecule has 1 aliphatic rings. The first-order valence-corrected chi connectivity index (χ1v) is 7.07. The molecule has 2 aromatic rings.